The second kappa shape index (κ2) is 9.26. The van der Waals surface area contributed by atoms with Crippen molar-refractivity contribution in [1.29, 1.82) is 0 Å². The van der Waals surface area contributed by atoms with E-state index < -0.39 is 0 Å². The molecule has 31 heavy (non-hydrogen) atoms. The van der Waals surface area contributed by atoms with Crippen LogP contribution in [0.2, 0.25) is 0 Å². The van der Waals surface area contributed by atoms with Crippen LogP contribution in [0, 0.1) is 0 Å². The van der Waals surface area contributed by atoms with Crippen LogP contribution in [0.1, 0.15) is 12.8 Å². The minimum Gasteiger partial charge on any atom is -0.493 e. The van der Waals surface area contributed by atoms with Crippen molar-refractivity contribution in [3.05, 3.63) is 48.4 Å². The molecule has 1 aliphatic heterocycles. The molecular formula is C23H28N4O4. The Morgan fingerprint density at radius 2 is 1.94 bits per heavy atom. The summed E-state index contributed by atoms with van der Waals surface area (Å²) in [6.07, 6.45) is 0.0630. The van der Waals surface area contributed by atoms with E-state index >= 15 is 0 Å². The molecule has 8 nitrogen and oxygen atoms in total. The topological polar surface area (TPSA) is 73.1 Å². The van der Waals surface area contributed by atoms with Gasteiger partial charge in [-0.2, -0.15) is 4.98 Å². The average Bonchev–Trinajstić information content (AvgIpc) is 3.26. The van der Waals surface area contributed by atoms with E-state index in [9.17, 15) is 0 Å². The summed E-state index contributed by atoms with van der Waals surface area (Å²) in [6, 6.07) is 13.7. The van der Waals surface area contributed by atoms with Gasteiger partial charge < -0.3 is 23.6 Å². The third-order valence-corrected chi connectivity index (χ3v) is 5.34. The van der Waals surface area contributed by atoms with Crippen LogP contribution in [0.5, 0.6) is 17.2 Å². The largest absolute Gasteiger partial charge is 0.493 e. The molecule has 1 aliphatic rings. The molecule has 0 unspecified atom stereocenters. The number of hydrogen-bond acceptors (Lipinski definition) is 8. The zero-order chi connectivity index (χ0) is 21.8. The minimum absolute atomic E-state index is 0.0630. The van der Waals surface area contributed by atoms with Crippen molar-refractivity contribution in [2.75, 3.05) is 45.8 Å². The first-order chi connectivity index (χ1) is 15.1. The predicted molar refractivity (Wildman–Crippen MR) is 118 cm³/mol. The van der Waals surface area contributed by atoms with Crippen LogP contribution in [0.4, 0.5) is 5.69 Å². The summed E-state index contributed by atoms with van der Waals surface area (Å²) in [5.41, 5.74) is 1.96. The highest BCUT2D eigenvalue weighted by atomic mass is 16.5. The SMILES string of the molecule is CCN1C[C@@H](CN(C)Cc2nc(-c3ccc(OC)c(OC)c3)no2)Oc2ccccc21. The lowest BCUT2D eigenvalue weighted by atomic mass is 10.2. The summed E-state index contributed by atoms with van der Waals surface area (Å²) in [5.74, 6) is 3.28. The Morgan fingerprint density at radius 3 is 2.71 bits per heavy atom. The van der Waals surface area contributed by atoms with Gasteiger partial charge in [-0.3, -0.25) is 4.90 Å². The molecular weight excluding hydrogens is 396 g/mol. The molecule has 2 heterocycles. The molecule has 0 bridgehead atoms. The van der Waals surface area contributed by atoms with Crippen LogP contribution < -0.4 is 19.1 Å². The van der Waals surface area contributed by atoms with E-state index in [2.05, 4.69) is 32.9 Å². The normalized spacial score (nSPS) is 15.5. The van der Waals surface area contributed by atoms with E-state index in [0.717, 1.165) is 36.6 Å². The number of para-hydroxylation sites is 2. The molecule has 0 aliphatic carbocycles. The van der Waals surface area contributed by atoms with E-state index in [1.54, 1.807) is 14.2 Å². The maximum Gasteiger partial charge on any atom is 0.241 e. The van der Waals surface area contributed by atoms with Crippen molar-refractivity contribution < 1.29 is 18.7 Å². The van der Waals surface area contributed by atoms with E-state index in [1.807, 2.05) is 43.4 Å². The summed E-state index contributed by atoms with van der Waals surface area (Å²) < 4.78 is 22.3. The Hall–Kier alpha value is -3.26. The van der Waals surface area contributed by atoms with Gasteiger partial charge in [0.2, 0.25) is 11.7 Å². The fourth-order valence-electron chi connectivity index (χ4n) is 3.83. The maximum atomic E-state index is 6.22. The van der Waals surface area contributed by atoms with Crippen molar-refractivity contribution in [2.24, 2.45) is 0 Å². The summed E-state index contributed by atoms with van der Waals surface area (Å²) >= 11 is 0. The lowest BCUT2D eigenvalue weighted by Crippen LogP contribution is -2.45. The van der Waals surface area contributed by atoms with E-state index in [1.165, 1.54) is 0 Å². The van der Waals surface area contributed by atoms with Crippen LogP contribution in [0.3, 0.4) is 0 Å². The first kappa shape index (κ1) is 21.0. The fourth-order valence-corrected chi connectivity index (χ4v) is 3.83. The first-order valence-electron chi connectivity index (χ1n) is 10.4. The van der Waals surface area contributed by atoms with Crippen LogP contribution in [-0.4, -0.2) is 62.0 Å². The second-order valence-corrected chi connectivity index (χ2v) is 7.52. The van der Waals surface area contributed by atoms with Crippen molar-refractivity contribution >= 4 is 5.69 Å². The number of fused-ring (bicyclic) bond motifs is 1. The Balaban J connectivity index is 1.40. The van der Waals surface area contributed by atoms with E-state index in [-0.39, 0.29) is 6.10 Å². The van der Waals surface area contributed by atoms with E-state index in [4.69, 9.17) is 18.7 Å². The third kappa shape index (κ3) is 4.59. The molecule has 0 amide bonds. The standard InChI is InChI=1S/C23H28N4O4/c1-5-27-14-17(30-19-9-7-6-8-18(19)27)13-26(2)15-22-24-23(25-31-22)16-10-11-20(28-3)21(12-16)29-4/h6-12,17H,5,13-15H2,1-4H3/t17-/m1/s1. The highest BCUT2D eigenvalue weighted by Gasteiger charge is 2.26. The van der Waals surface area contributed by atoms with Gasteiger partial charge in [0.15, 0.2) is 11.5 Å². The van der Waals surface area contributed by atoms with Crippen LogP contribution in [-0.2, 0) is 6.54 Å². The van der Waals surface area contributed by atoms with Gasteiger partial charge in [-0.05, 0) is 44.3 Å². The van der Waals surface area contributed by atoms with Crippen molar-refractivity contribution in [2.45, 2.75) is 19.6 Å². The summed E-state index contributed by atoms with van der Waals surface area (Å²) in [6.45, 7) is 5.24. The average molecular weight is 425 g/mol. The zero-order valence-corrected chi connectivity index (χ0v) is 18.4. The number of anilines is 1. The van der Waals surface area contributed by atoms with Gasteiger partial charge in [0.05, 0.1) is 33.0 Å². The highest BCUT2D eigenvalue weighted by molar-refractivity contribution is 5.61. The molecule has 0 saturated carbocycles. The van der Waals surface area contributed by atoms with Gasteiger partial charge in [-0.15, -0.1) is 0 Å². The van der Waals surface area contributed by atoms with Crippen molar-refractivity contribution in [3.63, 3.8) is 0 Å². The van der Waals surface area contributed by atoms with Gasteiger partial charge in [0.1, 0.15) is 11.9 Å². The summed E-state index contributed by atoms with van der Waals surface area (Å²) in [4.78, 5) is 9.03. The number of hydrogen-bond donors (Lipinski definition) is 0. The van der Waals surface area contributed by atoms with Crippen LogP contribution >= 0.6 is 0 Å². The second-order valence-electron chi connectivity index (χ2n) is 7.52. The maximum absolute atomic E-state index is 6.22. The highest BCUT2D eigenvalue weighted by Crippen LogP contribution is 2.33. The molecule has 1 atom stereocenters. The molecule has 0 saturated heterocycles. The fraction of sp³-hybridized carbons (Fsp3) is 0.391. The number of ether oxygens (including phenoxy) is 3. The van der Waals surface area contributed by atoms with E-state index in [0.29, 0.717) is 29.8 Å². The molecule has 0 radical (unpaired) electrons. The van der Waals surface area contributed by atoms with Gasteiger partial charge in [-0.25, -0.2) is 0 Å². The molecule has 0 spiro atoms. The molecule has 4 rings (SSSR count). The lowest BCUT2D eigenvalue weighted by molar-refractivity contribution is 0.133. The molecule has 164 valence electrons. The number of benzene rings is 2. The number of likely N-dealkylation sites (N-methyl/N-ethyl adjacent to an activating group) is 2. The summed E-state index contributed by atoms with van der Waals surface area (Å²) in [7, 11) is 5.23. The Bertz CT molecular complexity index is 1020. The molecule has 0 fully saturated rings. The Labute approximate surface area is 182 Å². The Kier molecular flexibility index (Phi) is 6.27. The molecule has 0 N–H and O–H groups in total. The predicted octanol–water partition coefficient (Wildman–Crippen LogP) is 3.47. The summed E-state index contributed by atoms with van der Waals surface area (Å²) in [5, 5.41) is 4.12. The molecule has 8 heteroatoms. The van der Waals surface area contributed by atoms with Gasteiger partial charge >= 0.3 is 0 Å². The van der Waals surface area contributed by atoms with Crippen LogP contribution in [0.15, 0.2) is 47.0 Å². The van der Waals surface area contributed by atoms with Gasteiger partial charge in [0.25, 0.3) is 0 Å². The quantitative estimate of drug-likeness (QED) is 0.544. The molecule has 1 aromatic heterocycles. The molecule has 3 aromatic rings. The zero-order valence-electron chi connectivity index (χ0n) is 18.4. The number of rotatable bonds is 8. The number of aromatic nitrogens is 2. The lowest BCUT2D eigenvalue weighted by Gasteiger charge is -2.37. The molecule has 2 aromatic carbocycles. The minimum atomic E-state index is 0.0630. The first-order valence-corrected chi connectivity index (χ1v) is 10.4. The number of methoxy groups -OCH3 is 2. The third-order valence-electron chi connectivity index (χ3n) is 5.34. The van der Waals surface area contributed by atoms with Crippen molar-refractivity contribution in [3.8, 4) is 28.6 Å². The van der Waals surface area contributed by atoms with Gasteiger partial charge in [0, 0.05) is 18.7 Å². The Morgan fingerprint density at radius 1 is 1.13 bits per heavy atom. The van der Waals surface area contributed by atoms with Crippen molar-refractivity contribution in [1.82, 2.24) is 15.0 Å². The van der Waals surface area contributed by atoms with Crippen LogP contribution in [0.25, 0.3) is 11.4 Å². The van der Waals surface area contributed by atoms with Gasteiger partial charge in [-0.1, -0.05) is 17.3 Å². The number of nitrogens with zero attached hydrogens (tertiary/aromatic N) is 4. The smallest absolute Gasteiger partial charge is 0.241 e. The monoisotopic (exact) mass is 424 g/mol.